The molecule has 2 N–H and O–H groups in total. The van der Waals surface area contributed by atoms with Crippen molar-refractivity contribution in [2.75, 3.05) is 0 Å². The molecule has 2 amide bonds. The molecule has 0 atom stereocenters. The molecule has 0 bridgehead atoms. The van der Waals surface area contributed by atoms with Crippen molar-refractivity contribution in [1.82, 2.24) is 15.4 Å². The minimum Gasteiger partial charge on any atom is -0.323 e. The van der Waals surface area contributed by atoms with Crippen LogP contribution in [0.25, 0.3) is 5.69 Å². The number of hydrogen-bond donors (Lipinski definition) is 2. The summed E-state index contributed by atoms with van der Waals surface area (Å²) in [5.41, 5.74) is 5.89. The molecule has 3 rings (SSSR count). The van der Waals surface area contributed by atoms with Crippen LogP contribution in [0.4, 0.5) is 0 Å². The minimum atomic E-state index is -0.424. The van der Waals surface area contributed by atoms with Crippen molar-refractivity contribution in [3.05, 3.63) is 76.7 Å². The molecule has 0 unspecified atom stereocenters. The molecule has 0 fully saturated rings. The number of Topliss-reactive ketones (excluding diaryl/α,β-unsaturated/α-hetero) is 1. The lowest BCUT2D eigenvalue weighted by atomic mass is 10.1. The van der Waals surface area contributed by atoms with Crippen molar-refractivity contribution in [1.29, 1.82) is 0 Å². The average molecular weight is 367 g/mol. The first-order valence-electron chi connectivity index (χ1n) is 8.03. The third-order valence-corrected chi connectivity index (χ3v) is 4.63. The van der Waals surface area contributed by atoms with E-state index in [9.17, 15) is 14.4 Å². The van der Waals surface area contributed by atoms with Gasteiger partial charge in [0.15, 0.2) is 5.78 Å². The summed E-state index contributed by atoms with van der Waals surface area (Å²) in [6, 6.07) is 14.3. The van der Waals surface area contributed by atoms with E-state index in [2.05, 4.69) is 10.9 Å². The number of carbonyl (C=O) groups is 3. The molecule has 2 aromatic heterocycles. The first kappa shape index (κ1) is 17.6. The molecule has 0 spiro atoms. The number of nitrogens with zero attached hydrogens (tertiary/aromatic N) is 1. The predicted molar refractivity (Wildman–Crippen MR) is 99.3 cm³/mol. The Morgan fingerprint density at radius 2 is 1.65 bits per heavy atom. The number of nitrogens with one attached hydrogen (secondary N) is 2. The van der Waals surface area contributed by atoms with E-state index in [0.717, 1.165) is 0 Å². The summed E-state index contributed by atoms with van der Waals surface area (Å²) in [6.07, 6.45) is 3.78. The Hall–Kier alpha value is -3.19. The van der Waals surface area contributed by atoms with E-state index in [0.29, 0.717) is 16.1 Å². The van der Waals surface area contributed by atoms with Crippen LogP contribution in [0.3, 0.4) is 0 Å². The topological polar surface area (TPSA) is 80.2 Å². The second-order valence-electron chi connectivity index (χ2n) is 5.51. The number of amides is 2. The number of thiophene rings is 1. The van der Waals surface area contributed by atoms with Crippen molar-refractivity contribution < 1.29 is 14.4 Å². The summed E-state index contributed by atoms with van der Waals surface area (Å²) in [5.74, 6) is -0.923. The van der Waals surface area contributed by atoms with Gasteiger partial charge in [0.1, 0.15) is 0 Å². The molecule has 26 heavy (non-hydrogen) atoms. The zero-order valence-corrected chi connectivity index (χ0v) is 14.7. The molecule has 0 aliphatic heterocycles. The molecule has 7 heteroatoms. The lowest BCUT2D eigenvalue weighted by molar-refractivity contribution is -0.121. The lowest BCUT2D eigenvalue weighted by Gasteiger charge is -2.11. The molecule has 0 radical (unpaired) electrons. The summed E-state index contributed by atoms with van der Waals surface area (Å²) >= 11 is 1.35. The third kappa shape index (κ3) is 4.25. The van der Waals surface area contributed by atoms with Crippen LogP contribution in [-0.2, 0) is 4.79 Å². The summed E-state index contributed by atoms with van der Waals surface area (Å²) in [7, 11) is 0. The highest BCUT2D eigenvalue weighted by Crippen LogP contribution is 2.14. The maximum Gasteiger partial charge on any atom is 0.271 e. The number of para-hydroxylation sites is 1. The number of rotatable bonds is 6. The fourth-order valence-corrected chi connectivity index (χ4v) is 3.12. The van der Waals surface area contributed by atoms with Gasteiger partial charge in [-0.15, -0.1) is 11.3 Å². The Labute approximate surface area is 154 Å². The Balaban J connectivity index is 1.54. The van der Waals surface area contributed by atoms with Gasteiger partial charge in [0.2, 0.25) is 5.91 Å². The van der Waals surface area contributed by atoms with Crippen LogP contribution in [0.15, 0.2) is 66.3 Å². The van der Waals surface area contributed by atoms with Crippen molar-refractivity contribution in [2.24, 2.45) is 0 Å². The second-order valence-corrected chi connectivity index (χ2v) is 6.46. The van der Waals surface area contributed by atoms with Crippen molar-refractivity contribution in [2.45, 2.75) is 12.8 Å². The number of hydrazine groups is 1. The van der Waals surface area contributed by atoms with E-state index in [1.807, 2.05) is 46.6 Å². The fraction of sp³-hybridized carbons (Fsp3) is 0.105. The molecule has 0 saturated heterocycles. The van der Waals surface area contributed by atoms with Gasteiger partial charge in [-0.1, -0.05) is 18.2 Å². The van der Waals surface area contributed by atoms with Gasteiger partial charge in [0.05, 0.1) is 16.1 Å². The fourth-order valence-electron chi connectivity index (χ4n) is 2.43. The molecular formula is C19H17N3O3S. The number of benzene rings is 1. The SMILES string of the molecule is O=C(CCC(=O)c1cccs1)NNC(=O)c1ccccc1-n1cccc1. The van der Waals surface area contributed by atoms with E-state index >= 15 is 0 Å². The largest absolute Gasteiger partial charge is 0.323 e. The van der Waals surface area contributed by atoms with E-state index in [1.165, 1.54) is 11.3 Å². The van der Waals surface area contributed by atoms with Crippen molar-refractivity contribution >= 4 is 28.9 Å². The van der Waals surface area contributed by atoms with Gasteiger partial charge in [-0.3, -0.25) is 25.2 Å². The van der Waals surface area contributed by atoms with Crippen LogP contribution in [0.1, 0.15) is 32.9 Å². The zero-order valence-electron chi connectivity index (χ0n) is 13.8. The van der Waals surface area contributed by atoms with E-state index in [4.69, 9.17) is 0 Å². The predicted octanol–water partition coefficient (Wildman–Crippen LogP) is 2.96. The maximum atomic E-state index is 12.4. The molecule has 132 valence electrons. The zero-order chi connectivity index (χ0) is 18.4. The monoisotopic (exact) mass is 367 g/mol. The van der Waals surface area contributed by atoms with Gasteiger partial charge in [-0.05, 0) is 35.7 Å². The molecule has 1 aromatic carbocycles. The maximum absolute atomic E-state index is 12.4. The average Bonchev–Trinajstić information content (AvgIpc) is 3.38. The molecule has 2 heterocycles. The van der Waals surface area contributed by atoms with Crippen molar-refractivity contribution in [3.63, 3.8) is 0 Å². The quantitative estimate of drug-likeness (QED) is 0.519. The van der Waals surface area contributed by atoms with Gasteiger partial charge < -0.3 is 4.57 Å². The summed E-state index contributed by atoms with van der Waals surface area (Å²) in [6.45, 7) is 0. The van der Waals surface area contributed by atoms with Crippen molar-refractivity contribution in [3.8, 4) is 5.69 Å². The Bertz CT molecular complexity index is 902. The Kier molecular flexibility index (Phi) is 5.60. The highest BCUT2D eigenvalue weighted by molar-refractivity contribution is 7.12. The number of carbonyl (C=O) groups excluding carboxylic acids is 3. The first-order valence-corrected chi connectivity index (χ1v) is 8.91. The highest BCUT2D eigenvalue weighted by Gasteiger charge is 2.14. The molecule has 6 nitrogen and oxygen atoms in total. The van der Waals surface area contributed by atoms with E-state index < -0.39 is 11.8 Å². The van der Waals surface area contributed by atoms with Gasteiger partial charge in [0, 0.05) is 25.2 Å². The third-order valence-electron chi connectivity index (χ3n) is 3.72. The summed E-state index contributed by atoms with van der Waals surface area (Å²) in [5, 5.41) is 1.82. The van der Waals surface area contributed by atoms with Crippen LogP contribution in [0.5, 0.6) is 0 Å². The molecular weight excluding hydrogens is 350 g/mol. The van der Waals surface area contributed by atoms with Crippen LogP contribution in [0, 0.1) is 0 Å². The van der Waals surface area contributed by atoms with Crippen LogP contribution in [-0.4, -0.2) is 22.2 Å². The molecule has 0 saturated carbocycles. The minimum absolute atomic E-state index is 0.0102. The molecule has 0 aliphatic carbocycles. The van der Waals surface area contributed by atoms with E-state index in [-0.39, 0.29) is 18.6 Å². The van der Waals surface area contributed by atoms with Gasteiger partial charge in [-0.25, -0.2) is 0 Å². The van der Waals surface area contributed by atoms with Gasteiger partial charge in [-0.2, -0.15) is 0 Å². The lowest BCUT2D eigenvalue weighted by Crippen LogP contribution is -2.42. The van der Waals surface area contributed by atoms with Crippen LogP contribution in [0.2, 0.25) is 0 Å². The Morgan fingerprint density at radius 3 is 2.38 bits per heavy atom. The Morgan fingerprint density at radius 1 is 0.885 bits per heavy atom. The smallest absolute Gasteiger partial charge is 0.271 e. The number of aromatic nitrogens is 1. The first-order chi connectivity index (χ1) is 12.6. The molecule has 0 aliphatic rings. The number of hydrogen-bond acceptors (Lipinski definition) is 4. The van der Waals surface area contributed by atoms with Crippen LogP contribution >= 0.6 is 11.3 Å². The highest BCUT2D eigenvalue weighted by atomic mass is 32.1. The second kappa shape index (κ2) is 8.26. The van der Waals surface area contributed by atoms with Crippen LogP contribution < -0.4 is 10.9 Å². The summed E-state index contributed by atoms with van der Waals surface area (Å²) in [4.78, 5) is 36.8. The van der Waals surface area contributed by atoms with Gasteiger partial charge in [0.25, 0.3) is 5.91 Å². The standard InChI is InChI=1S/C19H17N3O3S/c23-16(17-8-5-13-26-17)9-10-18(24)20-21-19(25)14-6-1-2-7-15(14)22-11-3-4-12-22/h1-8,11-13H,9-10H2,(H,20,24)(H,21,25). The van der Waals surface area contributed by atoms with E-state index in [1.54, 1.807) is 24.3 Å². The molecule has 3 aromatic rings. The normalized spacial score (nSPS) is 10.3. The van der Waals surface area contributed by atoms with Gasteiger partial charge >= 0.3 is 0 Å². The number of ketones is 1. The summed E-state index contributed by atoms with van der Waals surface area (Å²) < 4.78 is 1.82.